The first-order valence-corrected chi connectivity index (χ1v) is 6.99. The van der Waals surface area contributed by atoms with Gasteiger partial charge in [-0.1, -0.05) is 34.6 Å². The molecule has 0 N–H and O–H groups in total. The molecule has 0 spiro atoms. The lowest BCUT2D eigenvalue weighted by molar-refractivity contribution is 0.415. The number of rotatable bonds is 4. The summed E-state index contributed by atoms with van der Waals surface area (Å²) in [4.78, 5) is 0. The zero-order chi connectivity index (χ0) is 12.1. The van der Waals surface area contributed by atoms with E-state index in [0.29, 0.717) is 0 Å². The smallest absolute Gasteiger partial charge is 0.118 e. The van der Waals surface area contributed by atoms with Crippen LogP contribution in [-0.4, -0.2) is 23.7 Å². The quantitative estimate of drug-likeness (QED) is 0.742. The van der Waals surface area contributed by atoms with E-state index in [1.165, 1.54) is 10.4 Å². The molecule has 0 saturated carbocycles. The number of hydrogen-bond donors (Lipinski definition) is 0. The molecule has 2 nitrogen and oxygen atoms in total. The minimum absolute atomic E-state index is 0.393. The Hall–Kier alpha value is -1.74. The van der Waals surface area contributed by atoms with Gasteiger partial charge in [-0.3, -0.25) is 0 Å². The van der Waals surface area contributed by atoms with Crippen molar-refractivity contribution in [1.82, 2.24) is 0 Å². The van der Waals surface area contributed by atoms with Gasteiger partial charge in [0.25, 0.3) is 0 Å². The summed E-state index contributed by atoms with van der Waals surface area (Å²) >= 11 is 0. The molecule has 17 heavy (non-hydrogen) atoms. The minimum Gasteiger partial charge on any atom is -0.497 e. The number of benzene rings is 2. The minimum atomic E-state index is -0.393. The topological polar surface area (TPSA) is 18.5 Å². The molecule has 0 amide bonds. The zero-order valence-electron chi connectivity index (χ0n) is 10.1. The van der Waals surface area contributed by atoms with Crippen molar-refractivity contribution in [2.45, 2.75) is 0 Å². The Morgan fingerprint density at radius 1 is 0.647 bits per heavy atom. The molecule has 0 fully saturated rings. The van der Waals surface area contributed by atoms with Gasteiger partial charge >= 0.3 is 0 Å². The third-order valence-corrected chi connectivity index (χ3v) is 4.49. The van der Waals surface area contributed by atoms with Crippen molar-refractivity contribution in [3.05, 3.63) is 48.5 Å². The van der Waals surface area contributed by atoms with Crippen molar-refractivity contribution in [2.75, 3.05) is 14.2 Å². The molecule has 2 aromatic carbocycles. The van der Waals surface area contributed by atoms with Gasteiger partial charge in [-0.2, -0.15) is 0 Å². The fraction of sp³-hybridized carbons (Fsp3) is 0.143. The van der Waals surface area contributed by atoms with Crippen LogP contribution in [0.5, 0.6) is 11.5 Å². The first kappa shape index (κ1) is 11.7. The predicted octanol–water partition coefficient (Wildman–Crippen LogP) is 0.823. The molecule has 88 valence electrons. The molecule has 0 saturated heterocycles. The van der Waals surface area contributed by atoms with Crippen LogP contribution in [0.25, 0.3) is 0 Å². The molecule has 3 heteroatoms. The van der Waals surface area contributed by atoms with E-state index in [-0.39, 0.29) is 0 Å². The van der Waals surface area contributed by atoms with Crippen molar-refractivity contribution in [3.63, 3.8) is 0 Å². The maximum Gasteiger partial charge on any atom is 0.118 e. The summed E-state index contributed by atoms with van der Waals surface area (Å²) in [7, 11) is 2.99. The largest absolute Gasteiger partial charge is 0.497 e. The maximum atomic E-state index is 5.15. The number of ether oxygens (including phenoxy) is 2. The highest BCUT2D eigenvalue weighted by atomic mass is 28.2. The summed E-state index contributed by atoms with van der Waals surface area (Å²) in [6.45, 7) is 0. The summed E-state index contributed by atoms with van der Waals surface area (Å²) < 4.78 is 10.3. The van der Waals surface area contributed by atoms with Crippen LogP contribution in [0.15, 0.2) is 48.5 Å². The zero-order valence-corrected chi connectivity index (χ0v) is 11.6. The van der Waals surface area contributed by atoms with Gasteiger partial charge in [0, 0.05) is 0 Å². The van der Waals surface area contributed by atoms with Crippen LogP contribution >= 0.6 is 0 Å². The molecular weight excluding hydrogens is 228 g/mol. The predicted molar refractivity (Wildman–Crippen MR) is 73.8 cm³/mol. The first-order valence-electron chi connectivity index (χ1n) is 5.57. The average molecular weight is 244 g/mol. The molecule has 0 heterocycles. The Morgan fingerprint density at radius 3 is 1.29 bits per heavy atom. The third-order valence-electron chi connectivity index (χ3n) is 2.73. The lowest BCUT2D eigenvalue weighted by Crippen LogP contribution is -2.26. The molecule has 0 aliphatic rings. The van der Waals surface area contributed by atoms with Crippen molar-refractivity contribution >= 4 is 19.9 Å². The summed E-state index contributed by atoms with van der Waals surface area (Å²) in [5, 5.41) is 2.83. The van der Waals surface area contributed by atoms with E-state index in [4.69, 9.17) is 9.47 Å². The Labute approximate surface area is 104 Å². The van der Waals surface area contributed by atoms with E-state index >= 15 is 0 Å². The van der Waals surface area contributed by atoms with Crippen LogP contribution in [-0.2, 0) is 0 Å². The normalized spacial score (nSPS) is 10.0. The summed E-state index contributed by atoms with van der Waals surface area (Å²) in [6, 6.07) is 16.7. The van der Waals surface area contributed by atoms with Gasteiger partial charge in [0.2, 0.25) is 0 Å². The van der Waals surface area contributed by atoms with Crippen LogP contribution in [0.2, 0.25) is 0 Å². The lowest BCUT2D eigenvalue weighted by atomic mass is 10.3. The second-order valence-corrected chi connectivity index (χ2v) is 5.86. The molecule has 0 radical (unpaired) electrons. The van der Waals surface area contributed by atoms with E-state index in [1.807, 2.05) is 24.3 Å². The molecule has 0 aliphatic heterocycles. The van der Waals surface area contributed by atoms with Crippen molar-refractivity contribution in [1.29, 1.82) is 0 Å². The second kappa shape index (κ2) is 5.55. The van der Waals surface area contributed by atoms with E-state index in [9.17, 15) is 0 Å². The maximum absolute atomic E-state index is 5.15. The summed E-state index contributed by atoms with van der Waals surface area (Å²) in [6.07, 6.45) is 0. The number of methoxy groups -OCH3 is 2. The van der Waals surface area contributed by atoms with Crippen LogP contribution in [0, 0.1) is 0 Å². The van der Waals surface area contributed by atoms with Gasteiger partial charge in [-0.15, -0.1) is 0 Å². The second-order valence-electron chi connectivity index (χ2n) is 3.87. The highest BCUT2D eigenvalue weighted by Gasteiger charge is 1.98. The fourth-order valence-corrected chi connectivity index (χ4v) is 3.14. The molecule has 0 atom stereocenters. The molecule has 2 aromatic rings. The van der Waals surface area contributed by atoms with Gasteiger partial charge in [0.05, 0.1) is 23.7 Å². The Morgan fingerprint density at radius 2 is 1.00 bits per heavy atom. The average Bonchev–Trinajstić information content (AvgIpc) is 2.40. The van der Waals surface area contributed by atoms with E-state index in [2.05, 4.69) is 24.3 Å². The third kappa shape index (κ3) is 3.11. The van der Waals surface area contributed by atoms with Crippen LogP contribution < -0.4 is 19.8 Å². The SMILES string of the molecule is COc1ccc([SiH2]c2ccc(OC)cc2)cc1. The lowest BCUT2D eigenvalue weighted by Gasteiger charge is -2.04. The van der Waals surface area contributed by atoms with Crippen molar-refractivity contribution < 1.29 is 9.47 Å². The van der Waals surface area contributed by atoms with Gasteiger partial charge in [-0.05, 0) is 24.3 Å². The summed E-state index contributed by atoms with van der Waals surface area (Å²) in [5.74, 6) is 1.83. The monoisotopic (exact) mass is 244 g/mol. The van der Waals surface area contributed by atoms with Gasteiger partial charge in [0.1, 0.15) is 11.5 Å². The molecule has 0 aromatic heterocycles. The molecular formula is C14H16O2Si. The molecule has 0 unspecified atom stereocenters. The molecule has 0 bridgehead atoms. The standard InChI is InChI=1S/C14H16O2Si/c1-15-11-3-7-13(8-4-11)17-14-9-5-12(16-2)6-10-14/h3-10H,17H2,1-2H3. The van der Waals surface area contributed by atoms with E-state index < -0.39 is 9.52 Å². The Bertz CT molecular complexity index is 417. The first-order chi connectivity index (χ1) is 8.31. The van der Waals surface area contributed by atoms with Crippen LogP contribution in [0.3, 0.4) is 0 Å². The highest BCUT2D eigenvalue weighted by Crippen LogP contribution is 2.06. The summed E-state index contributed by atoms with van der Waals surface area (Å²) in [5.41, 5.74) is 0. The van der Waals surface area contributed by atoms with Crippen LogP contribution in [0.4, 0.5) is 0 Å². The van der Waals surface area contributed by atoms with E-state index in [0.717, 1.165) is 11.5 Å². The Balaban J connectivity index is 2.08. The Kier molecular flexibility index (Phi) is 3.83. The molecule has 0 aliphatic carbocycles. The molecule has 2 rings (SSSR count). The van der Waals surface area contributed by atoms with E-state index in [1.54, 1.807) is 14.2 Å². The van der Waals surface area contributed by atoms with Gasteiger partial charge in [-0.25, -0.2) is 0 Å². The van der Waals surface area contributed by atoms with Crippen LogP contribution in [0.1, 0.15) is 0 Å². The van der Waals surface area contributed by atoms with Gasteiger partial charge in [0.15, 0.2) is 0 Å². The highest BCUT2D eigenvalue weighted by molar-refractivity contribution is 6.67. The fourth-order valence-electron chi connectivity index (χ4n) is 1.72. The van der Waals surface area contributed by atoms with Crippen molar-refractivity contribution in [2.24, 2.45) is 0 Å². The van der Waals surface area contributed by atoms with Crippen molar-refractivity contribution in [3.8, 4) is 11.5 Å². The number of hydrogen-bond acceptors (Lipinski definition) is 2. The van der Waals surface area contributed by atoms with Gasteiger partial charge < -0.3 is 9.47 Å².